The number of nitrogens with zero attached hydrogens (tertiary/aromatic N) is 3. The molecule has 1 saturated heterocycles. The Hall–Kier alpha value is -4.54. The quantitative estimate of drug-likeness (QED) is 0.0665. The van der Waals surface area contributed by atoms with Crippen molar-refractivity contribution in [3.8, 4) is 17.6 Å². The molecule has 5 atom stereocenters. The van der Waals surface area contributed by atoms with Gasteiger partial charge in [-0.05, 0) is 82.5 Å². The Bertz CT molecular complexity index is 2020. The molecule has 0 aliphatic carbocycles. The van der Waals surface area contributed by atoms with Gasteiger partial charge < -0.3 is 18.9 Å². The van der Waals surface area contributed by atoms with E-state index < -0.39 is 49.1 Å². The van der Waals surface area contributed by atoms with Crippen LogP contribution in [0.3, 0.4) is 0 Å². The van der Waals surface area contributed by atoms with Crippen LogP contribution in [0, 0.1) is 18.3 Å². The molecule has 0 radical (unpaired) electrons. The zero-order chi connectivity index (χ0) is 39.9. The van der Waals surface area contributed by atoms with E-state index in [1.54, 1.807) is 25.8 Å². The molecule has 0 spiro atoms. The third kappa shape index (κ3) is 8.97. The van der Waals surface area contributed by atoms with Gasteiger partial charge in [0.05, 0.1) is 39.4 Å². The fourth-order valence-corrected chi connectivity index (χ4v) is 9.52. The Labute approximate surface area is 322 Å². The Morgan fingerprint density at radius 3 is 1.96 bits per heavy atom. The highest BCUT2D eigenvalue weighted by molar-refractivity contribution is 7.51. The van der Waals surface area contributed by atoms with E-state index >= 15 is 4.57 Å². The molecule has 2 unspecified atom stereocenters. The fraction of sp³-hybridized carbons (Fsp3) is 0.439. The Morgan fingerprint density at radius 2 is 1.45 bits per heavy atom. The number of H-pyrrole nitrogens is 1. The van der Waals surface area contributed by atoms with Crippen LogP contribution in [0.1, 0.15) is 75.9 Å². The van der Waals surface area contributed by atoms with Gasteiger partial charge in [-0.25, -0.2) is 14.0 Å². The second-order valence-corrected chi connectivity index (χ2v) is 15.9. The number of nitrogens with one attached hydrogen (secondary N) is 1. The van der Waals surface area contributed by atoms with Crippen LogP contribution < -0.4 is 20.7 Å². The number of hydrogen-bond acceptors (Lipinski definition) is 10. The van der Waals surface area contributed by atoms with Crippen molar-refractivity contribution in [1.82, 2.24) is 14.2 Å². The highest BCUT2D eigenvalue weighted by atomic mass is 31.2. The first-order valence-corrected chi connectivity index (χ1v) is 19.9. The molecular weight excluding hydrogens is 723 g/mol. The topological polar surface area (TPSA) is 154 Å². The number of ether oxygens (including phenoxy) is 4. The third-order valence-electron chi connectivity index (χ3n) is 9.65. The molecule has 1 aliphatic rings. The highest BCUT2D eigenvalue weighted by Gasteiger charge is 2.50. The number of benzene rings is 3. The molecule has 1 N–H and O–H groups in total. The number of rotatable bonds is 17. The van der Waals surface area contributed by atoms with Crippen molar-refractivity contribution in [2.45, 2.75) is 96.6 Å². The van der Waals surface area contributed by atoms with Crippen LogP contribution in [-0.2, 0) is 28.7 Å². The summed E-state index contributed by atoms with van der Waals surface area (Å²) < 4.78 is 55.7. The lowest BCUT2D eigenvalue weighted by Crippen LogP contribution is -2.44. The summed E-state index contributed by atoms with van der Waals surface area (Å²) in [5.74, 6) is 1.33. The number of hydrogen-bond donors (Lipinski definition) is 1. The van der Waals surface area contributed by atoms with Gasteiger partial charge in [0.25, 0.3) is 5.56 Å². The number of aromatic nitrogens is 2. The monoisotopic (exact) mass is 774 g/mol. The Kier molecular flexibility index (Phi) is 13.6. The van der Waals surface area contributed by atoms with Crippen LogP contribution in [0.2, 0.25) is 0 Å². The van der Waals surface area contributed by atoms with Gasteiger partial charge in [-0.1, -0.05) is 54.6 Å². The van der Waals surface area contributed by atoms with Crippen molar-refractivity contribution in [2.24, 2.45) is 0 Å². The third-order valence-corrected chi connectivity index (χ3v) is 12.2. The maximum atomic E-state index is 15.0. The lowest BCUT2D eigenvalue weighted by Gasteiger charge is -2.41. The molecule has 1 aliphatic heterocycles. The van der Waals surface area contributed by atoms with Crippen LogP contribution in [0.15, 0.2) is 94.6 Å². The normalized spacial score (nSPS) is 19.0. The molecule has 1 fully saturated rings. The maximum Gasteiger partial charge on any atom is 0.409 e. The fourth-order valence-electron chi connectivity index (χ4n) is 7.22. The lowest BCUT2D eigenvalue weighted by atomic mass is 9.79. The molecule has 0 amide bonds. The second kappa shape index (κ2) is 17.9. The van der Waals surface area contributed by atoms with Gasteiger partial charge in [0.1, 0.15) is 35.5 Å². The minimum atomic E-state index is -4.11. The number of aryl methyl sites for hydroxylation is 1. The molecule has 2 heterocycles. The summed E-state index contributed by atoms with van der Waals surface area (Å²) in [4.78, 5) is 27.9. The van der Waals surface area contributed by atoms with Gasteiger partial charge in [-0.2, -0.15) is 5.26 Å². The van der Waals surface area contributed by atoms with Gasteiger partial charge in [0, 0.05) is 30.3 Å². The van der Waals surface area contributed by atoms with Gasteiger partial charge >= 0.3 is 13.4 Å². The van der Waals surface area contributed by atoms with Gasteiger partial charge in [0.15, 0.2) is 0 Å². The van der Waals surface area contributed by atoms with E-state index in [1.165, 1.54) is 10.8 Å². The van der Waals surface area contributed by atoms with Crippen LogP contribution in [0.5, 0.6) is 11.5 Å². The van der Waals surface area contributed by atoms with Crippen molar-refractivity contribution in [3.63, 3.8) is 0 Å². The largest absolute Gasteiger partial charge is 0.497 e. The van der Waals surface area contributed by atoms with E-state index in [2.05, 4.69) is 4.98 Å². The van der Waals surface area contributed by atoms with Crippen molar-refractivity contribution in [2.75, 3.05) is 20.8 Å². The molecule has 0 saturated carbocycles. The first-order chi connectivity index (χ1) is 26.3. The SMILES string of the molecule is COc1ccc(C(OC(C)[C@H]2O[C@@H](n3cc(C)c(=O)[nH]c3=O)C[C@@H]2OP(=O)(OCCC#N)N(C(C)C)C(C)C)(c2ccccc2)c2ccc(OC)cc2)cc1. The van der Waals surface area contributed by atoms with E-state index in [-0.39, 0.29) is 31.5 Å². The standard InChI is InChI=1S/C41H51N4O9P/c1-27(2)45(28(3)4)55(48,51-24-12-23-42)54-36-25-37(44-26-29(5)39(46)43-40(44)47)52-38(36)30(6)53-41(31-13-10-9-11-14-31,32-15-19-34(49-7)20-16-32)33-17-21-35(50-8)22-18-33/h9-11,13-22,26-28,30,36-38H,12,24-25H2,1-8H3,(H,43,46,47)/t30?,36-,37+,38+,55?/m0/s1. The first kappa shape index (κ1) is 41.6. The molecule has 0 bridgehead atoms. The van der Waals surface area contributed by atoms with E-state index in [0.717, 1.165) is 16.7 Å². The number of methoxy groups -OCH3 is 2. The van der Waals surface area contributed by atoms with Gasteiger partial charge in [-0.3, -0.25) is 23.4 Å². The summed E-state index contributed by atoms with van der Waals surface area (Å²) in [7, 11) is -0.906. The summed E-state index contributed by atoms with van der Waals surface area (Å²) in [6, 6.07) is 26.5. The van der Waals surface area contributed by atoms with Crippen LogP contribution >= 0.6 is 7.75 Å². The average Bonchev–Trinajstić information content (AvgIpc) is 3.58. The Balaban J connectivity index is 1.67. The summed E-state index contributed by atoms with van der Waals surface area (Å²) in [5, 5.41) is 9.31. The molecule has 13 nitrogen and oxygen atoms in total. The molecule has 5 rings (SSSR count). The molecule has 1 aromatic heterocycles. The second-order valence-electron chi connectivity index (χ2n) is 14.0. The van der Waals surface area contributed by atoms with Gasteiger partial charge in [-0.15, -0.1) is 0 Å². The van der Waals surface area contributed by atoms with E-state index in [9.17, 15) is 14.9 Å². The highest BCUT2D eigenvalue weighted by Crippen LogP contribution is 2.58. The van der Waals surface area contributed by atoms with Crippen molar-refractivity contribution in [3.05, 3.63) is 128 Å². The average molecular weight is 775 g/mol. The summed E-state index contributed by atoms with van der Waals surface area (Å²) >= 11 is 0. The summed E-state index contributed by atoms with van der Waals surface area (Å²) in [6.45, 7) is 10.9. The van der Waals surface area contributed by atoms with E-state index in [4.69, 9.17) is 28.0 Å². The predicted molar refractivity (Wildman–Crippen MR) is 208 cm³/mol. The van der Waals surface area contributed by atoms with Crippen molar-refractivity contribution >= 4 is 7.75 Å². The molecule has 3 aromatic carbocycles. The predicted octanol–water partition coefficient (Wildman–Crippen LogP) is 7.09. The summed E-state index contributed by atoms with van der Waals surface area (Å²) in [6.07, 6.45) is -2.13. The first-order valence-electron chi connectivity index (χ1n) is 18.4. The summed E-state index contributed by atoms with van der Waals surface area (Å²) in [5.41, 5.74) is 0.278. The zero-order valence-electron chi connectivity index (χ0n) is 32.6. The molecular formula is C41H51N4O9P. The number of nitriles is 1. The van der Waals surface area contributed by atoms with Crippen molar-refractivity contribution in [1.29, 1.82) is 5.26 Å². The van der Waals surface area contributed by atoms with E-state index in [0.29, 0.717) is 17.1 Å². The van der Waals surface area contributed by atoms with Gasteiger partial charge in [0.2, 0.25) is 0 Å². The van der Waals surface area contributed by atoms with Crippen LogP contribution in [0.4, 0.5) is 0 Å². The molecule has 14 heteroatoms. The molecule has 55 heavy (non-hydrogen) atoms. The molecule has 294 valence electrons. The smallest absolute Gasteiger partial charge is 0.409 e. The van der Waals surface area contributed by atoms with Crippen molar-refractivity contribution < 1.29 is 32.6 Å². The minimum absolute atomic E-state index is 0.000514. The molecule has 4 aromatic rings. The van der Waals surface area contributed by atoms with Crippen LogP contribution in [0.25, 0.3) is 0 Å². The van der Waals surface area contributed by atoms with Crippen LogP contribution in [-0.4, -0.2) is 65.4 Å². The van der Waals surface area contributed by atoms with E-state index in [1.807, 2.05) is 120 Å². The maximum absolute atomic E-state index is 15.0. The minimum Gasteiger partial charge on any atom is -0.497 e. The Morgan fingerprint density at radius 1 is 0.909 bits per heavy atom. The lowest BCUT2D eigenvalue weighted by molar-refractivity contribution is -0.136. The zero-order valence-corrected chi connectivity index (χ0v) is 33.5. The number of aromatic amines is 1.